The van der Waals surface area contributed by atoms with Crippen LogP contribution in [0.3, 0.4) is 0 Å². The van der Waals surface area contributed by atoms with E-state index in [1.807, 2.05) is 18.3 Å². The van der Waals surface area contributed by atoms with Gasteiger partial charge in [-0.3, -0.25) is 0 Å². The Morgan fingerprint density at radius 3 is 2.45 bits per heavy atom. The highest BCUT2D eigenvalue weighted by Gasteiger charge is 2.18. The molecule has 1 aromatic carbocycles. The fourth-order valence-corrected chi connectivity index (χ4v) is 2.78. The maximum Gasteiger partial charge on any atom is 0.123 e. The molecule has 0 bridgehead atoms. The van der Waals surface area contributed by atoms with Gasteiger partial charge in [-0.25, -0.2) is 9.37 Å². The van der Waals surface area contributed by atoms with Crippen LogP contribution in [0.25, 0.3) is 0 Å². The van der Waals surface area contributed by atoms with Gasteiger partial charge in [0.1, 0.15) is 5.82 Å². The van der Waals surface area contributed by atoms with Crippen molar-refractivity contribution in [3.8, 4) is 0 Å². The molecule has 2 rings (SSSR count). The fourth-order valence-electron chi connectivity index (χ4n) is 1.86. The molecule has 1 aromatic heterocycles. The lowest BCUT2D eigenvalue weighted by molar-refractivity contribution is 0.574. The molecule has 0 fully saturated rings. The number of benzene rings is 1. The molecule has 0 aliphatic carbocycles. The van der Waals surface area contributed by atoms with Gasteiger partial charge in [-0.15, -0.1) is 11.3 Å². The van der Waals surface area contributed by atoms with Gasteiger partial charge in [0, 0.05) is 29.1 Å². The van der Waals surface area contributed by atoms with Gasteiger partial charge in [-0.2, -0.15) is 0 Å². The molecule has 1 heterocycles. The predicted molar refractivity (Wildman–Crippen MR) is 82.5 cm³/mol. The van der Waals surface area contributed by atoms with Gasteiger partial charge in [-0.05, 0) is 24.6 Å². The number of hydrogen-bond donors (Lipinski definition) is 1. The Bertz CT molecular complexity index is 555. The summed E-state index contributed by atoms with van der Waals surface area (Å²) in [5, 5.41) is 4.60. The largest absolute Gasteiger partial charge is 0.305 e. The Kier molecular flexibility index (Phi) is 4.55. The lowest BCUT2D eigenvalue weighted by Crippen LogP contribution is -2.17. The van der Waals surface area contributed by atoms with Crippen LogP contribution in [-0.2, 0) is 12.0 Å². The zero-order valence-electron chi connectivity index (χ0n) is 12.4. The molecule has 0 amide bonds. The van der Waals surface area contributed by atoms with Gasteiger partial charge in [0.25, 0.3) is 0 Å². The summed E-state index contributed by atoms with van der Waals surface area (Å²) in [7, 11) is 0. The molecule has 4 heteroatoms. The first-order valence-corrected chi connectivity index (χ1v) is 7.62. The summed E-state index contributed by atoms with van der Waals surface area (Å²) in [6, 6.07) is 6.83. The quantitative estimate of drug-likeness (QED) is 0.901. The summed E-state index contributed by atoms with van der Waals surface area (Å²) in [5.41, 5.74) is 1.19. The molecule has 0 aliphatic heterocycles. The molecule has 0 aliphatic rings. The summed E-state index contributed by atoms with van der Waals surface area (Å²) >= 11 is 1.75. The molecule has 0 saturated carbocycles. The third kappa shape index (κ3) is 3.87. The molecule has 2 aromatic rings. The maximum absolute atomic E-state index is 12.9. The molecule has 0 radical (unpaired) electrons. The van der Waals surface area contributed by atoms with Gasteiger partial charge < -0.3 is 5.32 Å². The minimum atomic E-state index is -0.196. The number of aromatic nitrogens is 1. The van der Waals surface area contributed by atoms with Crippen molar-refractivity contribution in [2.24, 2.45) is 0 Å². The van der Waals surface area contributed by atoms with E-state index in [4.69, 9.17) is 0 Å². The van der Waals surface area contributed by atoms with E-state index < -0.39 is 0 Å². The Labute approximate surface area is 124 Å². The minimum absolute atomic E-state index is 0.103. The molecule has 0 unspecified atom stereocenters. The van der Waals surface area contributed by atoms with E-state index in [0.717, 1.165) is 17.1 Å². The van der Waals surface area contributed by atoms with Crippen LogP contribution in [0.15, 0.2) is 30.5 Å². The van der Waals surface area contributed by atoms with Crippen molar-refractivity contribution < 1.29 is 4.39 Å². The summed E-state index contributed by atoms with van der Waals surface area (Å²) in [5.74, 6) is -0.196. The molecule has 1 N–H and O–H groups in total. The van der Waals surface area contributed by atoms with Crippen LogP contribution in [0.4, 0.5) is 4.39 Å². The second-order valence-electron chi connectivity index (χ2n) is 6.04. The van der Waals surface area contributed by atoms with E-state index in [9.17, 15) is 4.39 Å². The molecule has 108 valence electrons. The van der Waals surface area contributed by atoms with E-state index >= 15 is 0 Å². The predicted octanol–water partition coefficient (Wildman–Crippen LogP) is 4.43. The van der Waals surface area contributed by atoms with E-state index in [-0.39, 0.29) is 17.3 Å². The number of halogens is 1. The standard InChI is InChI=1S/C16H21FN2S/c1-11(12-5-7-13(17)8-6-12)18-9-14-10-19-15(20-14)16(2,3)4/h5-8,10-11,18H,9H2,1-4H3/t11-/m0/s1. The Morgan fingerprint density at radius 1 is 1.25 bits per heavy atom. The molecule has 20 heavy (non-hydrogen) atoms. The van der Waals surface area contributed by atoms with Crippen LogP contribution >= 0.6 is 11.3 Å². The number of rotatable bonds is 4. The topological polar surface area (TPSA) is 24.9 Å². The van der Waals surface area contributed by atoms with Gasteiger partial charge in [-0.1, -0.05) is 32.9 Å². The van der Waals surface area contributed by atoms with Crippen molar-refractivity contribution >= 4 is 11.3 Å². The average molecular weight is 292 g/mol. The van der Waals surface area contributed by atoms with Crippen LogP contribution in [0, 0.1) is 5.82 Å². The highest BCUT2D eigenvalue weighted by atomic mass is 32.1. The Morgan fingerprint density at radius 2 is 1.90 bits per heavy atom. The van der Waals surface area contributed by atoms with Crippen LogP contribution in [0.2, 0.25) is 0 Å². The zero-order valence-corrected chi connectivity index (χ0v) is 13.2. The molecular formula is C16H21FN2S. The van der Waals surface area contributed by atoms with Crippen molar-refractivity contribution in [1.29, 1.82) is 0 Å². The Hall–Kier alpha value is -1.26. The fraction of sp³-hybridized carbons (Fsp3) is 0.438. The van der Waals surface area contributed by atoms with E-state index in [2.05, 4.69) is 38.0 Å². The summed E-state index contributed by atoms with van der Waals surface area (Å²) in [6.07, 6.45) is 1.94. The van der Waals surface area contributed by atoms with Crippen molar-refractivity contribution in [2.45, 2.75) is 45.7 Å². The number of thiazole rings is 1. The van der Waals surface area contributed by atoms with Crippen LogP contribution in [0.1, 0.15) is 49.2 Å². The van der Waals surface area contributed by atoms with Crippen molar-refractivity contribution in [3.05, 3.63) is 51.7 Å². The summed E-state index contributed by atoms with van der Waals surface area (Å²) in [4.78, 5) is 5.70. The number of nitrogens with one attached hydrogen (secondary N) is 1. The van der Waals surface area contributed by atoms with E-state index in [1.165, 1.54) is 17.0 Å². The second-order valence-corrected chi connectivity index (χ2v) is 7.15. The van der Waals surface area contributed by atoms with Gasteiger partial charge >= 0.3 is 0 Å². The average Bonchev–Trinajstić information content (AvgIpc) is 2.85. The van der Waals surface area contributed by atoms with Gasteiger partial charge in [0.15, 0.2) is 0 Å². The van der Waals surface area contributed by atoms with Crippen LogP contribution in [-0.4, -0.2) is 4.98 Å². The monoisotopic (exact) mass is 292 g/mol. The third-order valence-corrected chi connectivity index (χ3v) is 4.57. The number of nitrogens with zero attached hydrogens (tertiary/aromatic N) is 1. The summed E-state index contributed by atoms with van der Waals surface area (Å²) < 4.78 is 12.9. The van der Waals surface area contributed by atoms with Crippen molar-refractivity contribution in [1.82, 2.24) is 10.3 Å². The van der Waals surface area contributed by atoms with Crippen LogP contribution < -0.4 is 5.32 Å². The molecular weight excluding hydrogens is 271 g/mol. The molecule has 1 atom stereocenters. The smallest absolute Gasteiger partial charge is 0.123 e. The first kappa shape index (κ1) is 15.1. The van der Waals surface area contributed by atoms with Gasteiger partial charge in [0.2, 0.25) is 0 Å². The second kappa shape index (κ2) is 6.02. The first-order valence-electron chi connectivity index (χ1n) is 6.80. The molecule has 0 spiro atoms. The SMILES string of the molecule is C[C@H](NCc1cnc(C(C)(C)C)s1)c1ccc(F)cc1. The Balaban J connectivity index is 1.95. The lowest BCUT2D eigenvalue weighted by Gasteiger charge is -2.14. The van der Waals surface area contributed by atoms with E-state index in [0.29, 0.717) is 0 Å². The van der Waals surface area contributed by atoms with E-state index in [1.54, 1.807) is 11.3 Å². The first-order chi connectivity index (χ1) is 9.36. The highest BCUT2D eigenvalue weighted by Crippen LogP contribution is 2.27. The highest BCUT2D eigenvalue weighted by molar-refractivity contribution is 7.11. The third-order valence-electron chi connectivity index (χ3n) is 3.15. The number of hydrogen-bond acceptors (Lipinski definition) is 3. The molecule has 2 nitrogen and oxygen atoms in total. The minimum Gasteiger partial charge on any atom is -0.305 e. The van der Waals surface area contributed by atoms with Crippen LogP contribution in [0.5, 0.6) is 0 Å². The van der Waals surface area contributed by atoms with Gasteiger partial charge in [0.05, 0.1) is 5.01 Å². The molecule has 0 saturated heterocycles. The van der Waals surface area contributed by atoms with Crippen molar-refractivity contribution in [2.75, 3.05) is 0 Å². The van der Waals surface area contributed by atoms with Crippen molar-refractivity contribution in [3.63, 3.8) is 0 Å². The summed E-state index contributed by atoms with van der Waals surface area (Å²) in [6.45, 7) is 9.38. The normalized spacial score (nSPS) is 13.4. The zero-order chi connectivity index (χ0) is 14.8. The maximum atomic E-state index is 12.9. The lowest BCUT2D eigenvalue weighted by atomic mass is 9.98.